The summed E-state index contributed by atoms with van der Waals surface area (Å²) >= 11 is 1.45. The maximum absolute atomic E-state index is 13.1. The number of allylic oxidation sites excluding steroid dienone is 3. The Morgan fingerprint density at radius 1 is 1.54 bits per heavy atom. The third kappa shape index (κ3) is 3.18. The highest BCUT2D eigenvalue weighted by Crippen LogP contribution is 2.45. The van der Waals surface area contributed by atoms with Crippen molar-refractivity contribution in [2.75, 3.05) is 18.8 Å². The van der Waals surface area contributed by atoms with E-state index in [1.165, 1.54) is 16.9 Å². The van der Waals surface area contributed by atoms with E-state index < -0.39 is 0 Å². The molecule has 2 saturated heterocycles. The molecular formula is C21H27N5OS. The summed E-state index contributed by atoms with van der Waals surface area (Å²) in [6.45, 7) is 7.82. The van der Waals surface area contributed by atoms with E-state index in [-0.39, 0.29) is 11.6 Å². The van der Waals surface area contributed by atoms with E-state index in [1.807, 2.05) is 24.8 Å². The van der Waals surface area contributed by atoms with E-state index in [9.17, 15) is 4.79 Å². The van der Waals surface area contributed by atoms with E-state index in [1.54, 1.807) is 6.20 Å². The molecule has 2 aliphatic rings. The molecule has 4 rings (SSSR count). The van der Waals surface area contributed by atoms with Crippen molar-refractivity contribution in [1.29, 1.82) is 0 Å². The summed E-state index contributed by atoms with van der Waals surface area (Å²) in [6.07, 6.45) is 10.3. The van der Waals surface area contributed by atoms with Gasteiger partial charge < -0.3 is 10.6 Å². The quantitative estimate of drug-likeness (QED) is 0.530. The predicted octanol–water partition coefficient (Wildman–Crippen LogP) is 3.70. The standard InChI is InChI=1S/C21H27N5OS/c1-4-6-14(7-5-2)15-9-21(23-10-15)12-26(21)20(27)19-17(22)8-18(28-19)16-11-24-25-13(16)3/h4,6-8,11,15,23H,5,9-10,12,22H2,1-3H3,(H,24,25)/b6-4-,14-7+/t15-,21-,26?/m1/s1. The van der Waals surface area contributed by atoms with E-state index in [0.717, 1.165) is 42.1 Å². The monoisotopic (exact) mass is 397 g/mol. The molecule has 28 heavy (non-hydrogen) atoms. The van der Waals surface area contributed by atoms with Gasteiger partial charge in [0.25, 0.3) is 5.91 Å². The number of nitrogens with zero attached hydrogens (tertiary/aromatic N) is 2. The number of nitrogen functional groups attached to an aromatic ring is 1. The predicted molar refractivity (Wildman–Crippen MR) is 114 cm³/mol. The summed E-state index contributed by atoms with van der Waals surface area (Å²) in [4.78, 5) is 16.7. The number of carbonyl (C=O) groups is 1. The van der Waals surface area contributed by atoms with Crippen LogP contribution < -0.4 is 11.1 Å². The van der Waals surface area contributed by atoms with Gasteiger partial charge in [-0.05, 0) is 44.2 Å². The molecule has 2 aliphatic heterocycles. The van der Waals surface area contributed by atoms with Gasteiger partial charge in [-0.25, -0.2) is 0 Å². The Balaban J connectivity index is 1.50. The second-order valence-corrected chi connectivity index (χ2v) is 8.67. The number of amides is 1. The second-order valence-electron chi connectivity index (χ2n) is 7.62. The molecule has 4 N–H and O–H groups in total. The number of rotatable bonds is 5. The molecule has 148 valence electrons. The second kappa shape index (κ2) is 7.22. The number of aromatic amines is 1. The van der Waals surface area contributed by atoms with Gasteiger partial charge in [0.1, 0.15) is 10.5 Å². The summed E-state index contributed by atoms with van der Waals surface area (Å²) in [5, 5.41) is 10.6. The molecule has 1 spiro atoms. The maximum Gasteiger partial charge on any atom is 0.267 e. The normalized spacial score (nSPS) is 24.6. The average Bonchev–Trinajstić information content (AvgIpc) is 3.00. The molecule has 2 fully saturated rings. The first kappa shape index (κ1) is 19.0. The number of hydrogen-bond donors (Lipinski definition) is 3. The van der Waals surface area contributed by atoms with Crippen LogP contribution in [0.15, 0.2) is 36.1 Å². The Labute approximate surface area is 169 Å². The number of nitrogens with one attached hydrogen (secondary N) is 2. The number of thiophene rings is 1. The van der Waals surface area contributed by atoms with Gasteiger partial charge in [-0.3, -0.25) is 15.2 Å². The van der Waals surface area contributed by atoms with Crippen LogP contribution in [0.1, 0.15) is 42.1 Å². The van der Waals surface area contributed by atoms with E-state index >= 15 is 0 Å². The van der Waals surface area contributed by atoms with Crippen molar-refractivity contribution in [3.8, 4) is 10.4 Å². The van der Waals surface area contributed by atoms with E-state index in [2.05, 4.69) is 40.7 Å². The highest BCUT2D eigenvalue weighted by atomic mass is 32.1. The van der Waals surface area contributed by atoms with Crippen molar-refractivity contribution in [2.24, 2.45) is 5.92 Å². The maximum atomic E-state index is 13.1. The molecule has 2 aromatic rings. The SMILES string of the molecule is C/C=C\C(=C/CC)[C@H]1CN[C@@]2(C1)CN2C(=O)c1sc(-c2cn[nH]c2C)cc1N. The number of nitrogens with two attached hydrogens (primary N) is 1. The Kier molecular flexibility index (Phi) is 4.89. The summed E-state index contributed by atoms with van der Waals surface area (Å²) < 4.78 is 0. The van der Waals surface area contributed by atoms with Gasteiger partial charge in [-0.1, -0.05) is 25.2 Å². The number of aryl methyl sites for hydroxylation is 1. The molecule has 2 aromatic heterocycles. The van der Waals surface area contributed by atoms with Crippen LogP contribution in [0.3, 0.4) is 0 Å². The zero-order chi connectivity index (χ0) is 19.9. The largest absolute Gasteiger partial charge is 0.397 e. The number of anilines is 1. The Hall–Kier alpha value is -2.38. The van der Waals surface area contributed by atoms with Gasteiger partial charge in [0, 0.05) is 22.7 Å². The van der Waals surface area contributed by atoms with Crippen LogP contribution in [0.2, 0.25) is 0 Å². The summed E-state index contributed by atoms with van der Waals surface area (Å²) in [6, 6.07) is 1.88. The fraction of sp³-hybridized carbons (Fsp3) is 0.429. The zero-order valence-corrected chi connectivity index (χ0v) is 17.4. The highest BCUT2D eigenvalue weighted by molar-refractivity contribution is 7.18. The molecule has 0 bridgehead atoms. The molecule has 0 unspecified atom stereocenters. The van der Waals surface area contributed by atoms with E-state index in [4.69, 9.17) is 5.73 Å². The molecule has 7 heteroatoms. The van der Waals surface area contributed by atoms with Crippen molar-refractivity contribution in [3.05, 3.63) is 46.6 Å². The van der Waals surface area contributed by atoms with Gasteiger partial charge in [-0.2, -0.15) is 5.10 Å². The van der Waals surface area contributed by atoms with E-state index in [0.29, 0.717) is 16.5 Å². The first-order chi connectivity index (χ1) is 13.5. The summed E-state index contributed by atoms with van der Waals surface area (Å²) in [5.74, 6) is 0.467. The molecule has 1 amide bonds. The minimum absolute atomic E-state index is 0.0232. The molecular weight excluding hydrogens is 370 g/mol. The lowest BCUT2D eigenvalue weighted by molar-refractivity contribution is 0.0854. The van der Waals surface area contributed by atoms with Gasteiger partial charge >= 0.3 is 0 Å². The molecule has 0 aliphatic carbocycles. The van der Waals surface area contributed by atoms with Crippen LogP contribution >= 0.6 is 11.3 Å². The minimum Gasteiger partial charge on any atom is -0.397 e. The number of aromatic nitrogens is 2. The van der Waals surface area contributed by atoms with Crippen LogP contribution in [0, 0.1) is 12.8 Å². The molecule has 6 nitrogen and oxygen atoms in total. The third-order valence-corrected chi connectivity index (χ3v) is 6.83. The van der Waals surface area contributed by atoms with Crippen molar-refractivity contribution in [1.82, 2.24) is 20.4 Å². The first-order valence-electron chi connectivity index (χ1n) is 9.78. The van der Waals surface area contributed by atoms with Crippen LogP contribution in [0.5, 0.6) is 0 Å². The fourth-order valence-corrected chi connectivity index (χ4v) is 5.24. The van der Waals surface area contributed by atoms with Gasteiger partial charge in [-0.15, -0.1) is 11.3 Å². The number of hydrogen-bond acceptors (Lipinski definition) is 5. The Morgan fingerprint density at radius 3 is 3.04 bits per heavy atom. The molecule has 0 aromatic carbocycles. The van der Waals surface area contributed by atoms with Gasteiger partial charge in [0.15, 0.2) is 0 Å². The highest BCUT2D eigenvalue weighted by Gasteiger charge is 2.59. The van der Waals surface area contributed by atoms with Crippen molar-refractivity contribution >= 4 is 22.9 Å². The topological polar surface area (TPSA) is 86.8 Å². The van der Waals surface area contributed by atoms with Gasteiger partial charge in [0.2, 0.25) is 0 Å². The Morgan fingerprint density at radius 2 is 2.36 bits per heavy atom. The zero-order valence-electron chi connectivity index (χ0n) is 16.6. The molecule has 4 heterocycles. The lowest BCUT2D eigenvalue weighted by Gasteiger charge is -2.12. The number of carbonyl (C=O) groups excluding carboxylic acids is 1. The first-order valence-corrected chi connectivity index (χ1v) is 10.6. The molecule has 0 saturated carbocycles. The van der Waals surface area contributed by atoms with Crippen LogP contribution in [0.25, 0.3) is 10.4 Å². The summed E-state index contributed by atoms with van der Waals surface area (Å²) in [5.41, 5.74) is 9.87. The molecule has 0 radical (unpaired) electrons. The third-order valence-electron chi connectivity index (χ3n) is 5.66. The van der Waals surface area contributed by atoms with Crippen LogP contribution in [-0.4, -0.2) is 39.8 Å². The van der Waals surface area contributed by atoms with Crippen molar-refractivity contribution < 1.29 is 4.79 Å². The lowest BCUT2D eigenvalue weighted by Crippen LogP contribution is -2.32. The summed E-state index contributed by atoms with van der Waals surface area (Å²) in [7, 11) is 0. The van der Waals surface area contributed by atoms with Crippen molar-refractivity contribution in [2.45, 2.75) is 39.3 Å². The number of H-pyrrole nitrogens is 1. The van der Waals surface area contributed by atoms with Crippen LogP contribution in [-0.2, 0) is 0 Å². The smallest absolute Gasteiger partial charge is 0.267 e. The Bertz CT molecular complexity index is 956. The van der Waals surface area contributed by atoms with Crippen LogP contribution in [0.4, 0.5) is 5.69 Å². The molecule has 2 atom stereocenters. The van der Waals surface area contributed by atoms with Crippen molar-refractivity contribution in [3.63, 3.8) is 0 Å². The average molecular weight is 398 g/mol. The minimum atomic E-state index is -0.210. The van der Waals surface area contributed by atoms with Gasteiger partial charge in [0.05, 0.1) is 18.4 Å². The lowest BCUT2D eigenvalue weighted by atomic mass is 9.94. The fourth-order valence-electron chi connectivity index (χ4n) is 4.14.